The largest absolute Gasteiger partial charge is 0.470 e. The second-order valence-corrected chi connectivity index (χ2v) is 3.13. The van der Waals surface area contributed by atoms with Crippen molar-refractivity contribution < 1.29 is 4.74 Å². The van der Waals surface area contributed by atoms with Gasteiger partial charge in [0.1, 0.15) is 0 Å². The monoisotopic (exact) mass is 180 g/mol. The highest BCUT2D eigenvalue weighted by molar-refractivity contribution is 5.15. The lowest BCUT2D eigenvalue weighted by Gasteiger charge is -2.27. The molecule has 0 aromatic rings. The van der Waals surface area contributed by atoms with E-state index in [2.05, 4.69) is 18.7 Å². The van der Waals surface area contributed by atoms with E-state index in [9.17, 15) is 0 Å². The Labute approximate surface area is 80.9 Å². The highest BCUT2D eigenvalue weighted by Gasteiger charge is 2.17. The van der Waals surface area contributed by atoms with Crippen molar-refractivity contribution in [2.75, 3.05) is 13.1 Å². The van der Waals surface area contributed by atoms with Gasteiger partial charge in [0.25, 0.3) is 0 Å². The van der Waals surface area contributed by atoms with Crippen LogP contribution in [0.25, 0.3) is 0 Å². The Kier molecular flexibility index (Phi) is 4.61. The summed E-state index contributed by atoms with van der Waals surface area (Å²) in [4.78, 5) is 2.28. The number of allylic oxidation sites excluding steroid dienone is 2. The van der Waals surface area contributed by atoms with Crippen molar-refractivity contribution >= 4 is 0 Å². The molecular formula is C11H18NO. The van der Waals surface area contributed by atoms with Crippen molar-refractivity contribution in [1.29, 1.82) is 0 Å². The van der Waals surface area contributed by atoms with Crippen molar-refractivity contribution in [3.8, 4) is 0 Å². The van der Waals surface area contributed by atoms with E-state index in [4.69, 9.17) is 4.74 Å². The van der Waals surface area contributed by atoms with E-state index in [-0.39, 0.29) is 0 Å². The van der Waals surface area contributed by atoms with Crippen molar-refractivity contribution in [2.45, 2.75) is 26.7 Å². The number of ether oxygens (including phenoxy) is 1. The lowest BCUT2D eigenvalue weighted by molar-refractivity contribution is 0.119. The molecule has 0 bridgehead atoms. The average Bonchev–Trinajstić information content (AvgIpc) is 2.19. The summed E-state index contributed by atoms with van der Waals surface area (Å²) in [6.07, 6.45) is 11.0. The minimum Gasteiger partial charge on any atom is -0.470 e. The van der Waals surface area contributed by atoms with Crippen LogP contribution in [0.4, 0.5) is 0 Å². The van der Waals surface area contributed by atoms with E-state index in [1.165, 1.54) is 0 Å². The van der Waals surface area contributed by atoms with Gasteiger partial charge in [-0.2, -0.15) is 0 Å². The predicted molar refractivity (Wildman–Crippen MR) is 54.8 cm³/mol. The molecule has 2 nitrogen and oxygen atoms in total. The van der Waals surface area contributed by atoms with Crippen LogP contribution >= 0.6 is 0 Å². The summed E-state index contributed by atoms with van der Waals surface area (Å²) in [6, 6.07) is 0. The lowest BCUT2D eigenvalue weighted by Crippen LogP contribution is -2.30. The van der Waals surface area contributed by atoms with Crippen LogP contribution in [-0.2, 0) is 4.74 Å². The van der Waals surface area contributed by atoms with E-state index in [1.807, 2.05) is 18.2 Å². The van der Waals surface area contributed by atoms with Gasteiger partial charge in [-0.1, -0.05) is 19.9 Å². The molecule has 1 aliphatic heterocycles. The van der Waals surface area contributed by atoms with E-state index < -0.39 is 0 Å². The third-order valence-corrected chi connectivity index (χ3v) is 1.92. The first-order valence-electron chi connectivity index (χ1n) is 5.00. The van der Waals surface area contributed by atoms with Crippen molar-refractivity contribution in [1.82, 2.24) is 4.90 Å². The van der Waals surface area contributed by atoms with Crippen molar-refractivity contribution in [2.24, 2.45) is 0 Å². The quantitative estimate of drug-likeness (QED) is 0.645. The van der Waals surface area contributed by atoms with Gasteiger partial charge in [0.2, 0.25) is 6.23 Å². The summed E-state index contributed by atoms with van der Waals surface area (Å²) in [5.41, 5.74) is 0. The van der Waals surface area contributed by atoms with Crippen LogP contribution in [0.3, 0.4) is 0 Å². The van der Waals surface area contributed by atoms with E-state index in [0.717, 1.165) is 32.2 Å². The highest BCUT2D eigenvalue weighted by atomic mass is 16.5. The molecule has 2 heteroatoms. The van der Waals surface area contributed by atoms with Crippen LogP contribution < -0.4 is 0 Å². The third-order valence-electron chi connectivity index (χ3n) is 1.92. The van der Waals surface area contributed by atoms with Crippen molar-refractivity contribution in [3.05, 3.63) is 30.7 Å². The molecule has 13 heavy (non-hydrogen) atoms. The molecule has 1 heterocycles. The molecular weight excluding hydrogens is 162 g/mol. The molecule has 1 aliphatic rings. The molecule has 0 fully saturated rings. The first kappa shape index (κ1) is 10.3. The third kappa shape index (κ3) is 3.23. The smallest absolute Gasteiger partial charge is 0.239 e. The lowest BCUT2D eigenvalue weighted by atomic mass is 10.3. The fourth-order valence-corrected chi connectivity index (χ4v) is 1.38. The zero-order valence-corrected chi connectivity index (χ0v) is 8.49. The molecule has 0 saturated heterocycles. The molecule has 0 N–H and O–H groups in total. The number of hydrogen-bond acceptors (Lipinski definition) is 2. The van der Waals surface area contributed by atoms with Gasteiger partial charge >= 0.3 is 0 Å². The Morgan fingerprint density at radius 3 is 2.31 bits per heavy atom. The minimum atomic E-state index is 0.978. The van der Waals surface area contributed by atoms with Crippen LogP contribution in [-0.4, -0.2) is 18.0 Å². The molecule has 0 saturated carbocycles. The summed E-state index contributed by atoms with van der Waals surface area (Å²) in [5.74, 6) is 0. The maximum atomic E-state index is 5.42. The second-order valence-electron chi connectivity index (χ2n) is 3.13. The zero-order chi connectivity index (χ0) is 9.52. The Morgan fingerprint density at radius 2 is 1.85 bits per heavy atom. The van der Waals surface area contributed by atoms with Crippen LogP contribution in [0.2, 0.25) is 0 Å². The predicted octanol–water partition coefficient (Wildman–Crippen LogP) is 2.70. The molecule has 0 aromatic carbocycles. The number of rotatable bonds is 5. The summed E-state index contributed by atoms with van der Waals surface area (Å²) in [6.45, 7) is 6.51. The van der Waals surface area contributed by atoms with Gasteiger partial charge in [-0.25, -0.2) is 0 Å². The molecule has 0 unspecified atom stereocenters. The first-order chi connectivity index (χ1) is 6.38. The second kappa shape index (κ2) is 5.81. The van der Waals surface area contributed by atoms with E-state index >= 15 is 0 Å². The Hall–Kier alpha value is -0.760. The van der Waals surface area contributed by atoms with Crippen molar-refractivity contribution in [3.63, 3.8) is 0 Å². The SMILES string of the molecule is CCCN(CCC)[C]1C=CC=CO1. The van der Waals surface area contributed by atoms with Crippen LogP contribution in [0.1, 0.15) is 26.7 Å². The summed E-state index contributed by atoms with van der Waals surface area (Å²) in [7, 11) is 0. The standard InChI is InChI=1S/C11H18NO/c1-3-8-12(9-4-2)11-7-5-6-10-13-11/h5-7,10H,3-4,8-9H2,1-2H3. The molecule has 1 rings (SSSR count). The van der Waals surface area contributed by atoms with Crippen LogP contribution in [0.5, 0.6) is 0 Å². The summed E-state index contributed by atoms with van der Waals surface area (Å²) < 4.78 is 5.42. The van der Waals surface area contributed by atoms with Gasteiger partial charge in [-0.3, -0.25) is 4.90 Å². The molecule has 73 valence electrons. The van der Waals surface area contributed by atoms with Gasteiger partial charge in [-0.05, 0) is 25.0 Å². The molecule has 0 aromatic heterocycles. The van der Waals surface area contributed by atoms with Crippen LogP contribution in [0, 0.1) is 6.23 Å². The summed E-state index contributed by atoms with van der Waals surface area (Å²) in [5, 5.41) is 0. The normalized spacial score (nSPS) is 16.5. The fraction of sp³-hybridized carbons (Fsp3) is 0.545. The molecule has 0 atom stereocenters. The van der Waals surface area contributed by atoms with Gasteiger partial charge in [0.05, 0.1) is 6.26 Å². The fourth-order valence-electron chi connectivity index (χ4n) is 1.38. The van der Waals surface area contributed by atoms with E-state index in [0.29, 0.717) is 0 Å². The first-order valence-corrected chi connectivity index (χ1v) is 5.00. The Bertz CT molecular complexity index is 181. The molecule has 0 spiro atoms. The van der Waals surface area contributed by atoms with Gasteiger partial charge in [-0.15, -0.1) is 0 Å². The highest BCUT2D eigenvalue weighted by Crippen LogP contribution is 2.16. The number of nitrogens with zero attached hydrogens (tertiary/aromatic N) is 1. The van der Waals surface area contributed by atoms with E-state index in [1.54, 1.807) is 6.26 Å². The van der Waals surface area contributed by atoms with Gasteiger partial charge in [0, 0.05) is 13.1 Å². The summed E-state index contributed by atoms with van der Waals surface area (Å²) >= 11 is 0. The van der Waals surface area contributed by atoms with Gasteiger partial charge in [0.15, 0.2) is 0 Å². The zero-order valence-electron chi connectivity index (χ0n) is 8.49. The Morgan fingerprint density at radius 1 is 1.15 bits per heavy atom. The molecule has 0 amide bonds. The molecule has 0 aliphatic carbocycles. The maximum Gasteiger partial charge on any atom is 0.239 e. The number of hydrogen-bond donors (Lipinski definition) is 0. The maximum absolute atomic E-state index is 5.42. The average molecular weight is 180 g/mol. The van der Waals surface area contributed by atoms with Gasteiger partial charge < -0.3 is 4.74 Å². The van der Waals surface area contributed by atoms with Crippen LogP contribution in [0.15, 0.2) is 24.5 Å². The topological polar surface area (TPSA) is 12.5 Å². The Balaban J connectivity index is 2.43. The molecule has 1 radical (unpaired) electrons. The minimum absolute atomic E-state index is 0.978.